The van der Waals surface area contributed by atoms with Gasteiger partial charge < -0.3 is 5.11 Å². The van der Waals surface area contributed by atoms with Gasteiger partial charge in [-0.1, -0.05) is 53.7 Å². The molecule has 1 nitrogen and oxygen atoms in total. The molecule has 0 amide bonds. The molecule has 4 rings (SSSR count). The molecule has 30 heavy (non-hydrogen) atoms. The minimum Gasteiger partial charge on any atom is -0.393 e. The van der Waals surface area contributed by atoms with Crippen LogP contribution < -0.4 is 0 Å². The Morgan fingerprint density at radius 2 is 1.57 bits per heavy atom. The molecule has 0 aromatic rings. The van der Waals surface area contributed by atoms with E-state index in [0.29, 0.717) is 10.8 Å². The van der Waals surface area contributed by atoms with Crippen molar-refractivity contribution < 1.29 is 5.11 Å². The molecule has 4 aliphatic rings. The molecule has 0 aliphatic heterocycles. The average molecular weight is 415 g/mol. The maximum atomic E-state index is 10.3. The quantitative estimate of drug-likeness (QED) is 0.454. The van der Waals surface area contributed by atoms with Crippen LogP contribution in [-0.4, -0.2) is 11.2 Å². The van der Waals surface area contributed by atoms with Gasteiger partial charge in [0.25, 0.3) is 0 Å². The van der Waals surface area contributed by atoms with Gasteiger partial charge >= 0.3 is 0 Å². The van der Waals surface area contributed by atoms with Crippen LogP contribution in [0.25, 0.3) is 0 Å². The molecular formula is C29H50O. The lowest BCUT2D eigenvalue weighted by atomic mass is 9.44. The molecule has 0 bridgehead atoms. The fraction of sp³-hybridized carbons (Fsp3) is 0.931. The number of rotatable bonds is 5. The molecule has 0 saturated heterocycles. The van der Waals surface area contributed by atoms with Crippen molar-refractivity contribution in [1.29, 1.82) is 0 Å². The summed E-state index contributed by atoms with van der Waals surface area (Å²) < 4.78 is 0. The van der Waals surface area contributed by atoms with Gasteiger partial charge in [-0.15, -0.1) is 0 Å². The maximum absolute atomic E-state index is 10.3. The standard InChI is InChI=1S/C29H50O/c1-7-21(19(2)3)9-8-20(4)25-12-13-26-24-11-10-22-18-23(30)14-16-28(22,5)27(24)15-17-29(25,26)6/h8-9,19-27,30H,7,10-18H2,1-6H3/t20-,21-,22+,23-,24+,25-,26+,27+,28+,29-/m1/s1. The largest absolute Gasteiger partial charge is 0.393 e. The number of hydrogen-bond donors (Lipinski definition) is 1. The number of hydrogen-bond acceptors (Lipinski definition) is 1. The van der Waals surface area contributed by atoms with Crippen molar-refractivity contribution in [1.82, 2.24) is 0 Å². The summed E-state index contributed by atoms with van der Waals surface area (Å²) in [5.74, 6) is 6.72. The van der Waals surface area contributed by atoms with Crippen LogP contribution in [0.4, 0.5) is 0 Å². The van der Waals surface area contributed by atoms with E-state index in [0.717, 1.165) is 60.2 Å². The van der Waals surface area contributed by atoms with Gasteiger partial charge in [0.05, 0.1) is 6.10 Å². The molecule has 0 unspecified atom stereocenters. The first-order chi connectivity index (χ1) is 14.2. The maximum Gasteiger partial charge on any atom is 0.0543 e. The SMILES string of the molecule is CC[C@H](C=C[C@@H](C)[C@H]1CC[C@H]2[C@@H]3CC[C@H]4C[C@H](O)CC[C@]4(C)[C@H]3CC[C@]12C)C(C)C. The molecule has 4 fully saturated rings. The molecule has 1 heteroatoms. The Bertz CT molecular complexity index is 622. The Hall–Kier alpha value is -0.300. The molecule has 0 spiro atoms. The molecule has 4 aliphatic carbocycles. The summed E-state index contributed by atoms with van der Waals surface area (Å²) in [6, 6.07) is 0. The van der Waals surface area contributed by atoms with Crippen LogP contribution in [0.15, 0.2) is 12.2 Å². The topological polar surface area (TPSA) is 20.2 Å². The van der Waals surface area contributed by atoms with Crippen molar-refractivity contribution in [2.45, 2.75) is 112 Å². The summed E-state index contributed by atoms with van der Waals surface area (Å²) in [7, 11) is 0. The van der Waals surface area contributed by atoms with Gasteiger partial charge in [-0.25, -0.2) is 0 Å². The normalized spacial score (nSPS) is 48.3. The number of allylic oxidation sites excluding steroid dienone is 2. The van der Waals surface area contributed by atoms with Gasteiger partial charge in [0.15, 0.2) is 0 Å². The van der Waals surface area contributed by atoms with E-state index < -0.39 is 0 Å². The van der Waals surface area contributed by atoms with Crippen molar-refractivity contribution >= 4 is 0 Å². The van der Waals surface area contributed by atoms with Crippen molar-refractivity contribution in [2.24, 2.45) is 58.2 Å². The summed E-state index contributed by atoms with van der Waals surface area (Å²) in [4.78, 5) is 0. The Morgan fingerprint density at radius 1 is 0.867 bits per heavy atom. The lowest BCUT2D eigenvalue weighted by Gasteiger charge is -2.61. The van der Waals surface area contributed by atoms with Crippen LogP contribution in [0.5, 0.6) is 0 Å². The van der Waals surface area contributed by atoms with Crippen LogP contribution in [0.3, 0.4) is 0 Å². The predicted octanol–water partition coefficient (Wildman–Crippen LogP) is 7.88. The van der Waals surface area contributed by atoms with Crippen molar-refractivity contribution in [3.8, 4) is 0 Å². The Balaban J connectivity index is 1.49. The first kappa shape index (κ1) is 22.9. The number of aliphatic hydroxyl groups is 1. The molecule has 0 aromatic carbocycles. The van der Waals surface area contributed by atoms with Gasteiger partial charge in [0.2, 0.25) is 0 Å². The Kier molecular flexibility index (Phi) is 6.53. The molecule has 0 heterocycles. The second-order valence-electron chi connectivity index (χ2n) is 12.9. The van der Waals surface area contributed by atoms with Gasteiger partial charge in [-0.3, -0.25) is 0 Å². The average Bonchev–Trinajstić information content (AvgIpc) is 3.06. The van der Waals surface area contributed by atoms with E-state index in [1.54, 1.807) is 0 Å². The monoisotopic (exact) mass is 414 g/mol. The Labute approximate surface area is 187 Å². The van der Waals surface area contributed by atoms with Crippen LogP contribution in [0.2, 0.25) is 0 Å². The number of fused-ring (bicyclic) bond motifs is 5. The minimum absolute atomic E-state index is 0.0187. The second kappa shape index (κ2) is 8.57. The van der Waals surface area contributed by atoms with E-state index in [4.69, 9.17) is 0 Å². The van der Waals surface area contributed by atoms with Crippen molar-refractivity contribution in [2.75, 3.05) is 0 Å². The van der Waals surface area contributed by atoms with Gasteiger partial charge in [-0.05, 0) is 122 Å². The third-order valence-electron chi connectivity index (χ3n) is 11.3. The highest BCUT2D eigenvalue weighted by Gasteiger charge is 2.60. The van der Waals surface area contributed by atoms with E-state index in [1.807, 2.05) is 0 Å². The summed E-state index contributed by atoms with van der Waals surface area (Å²) in [6.45, 7) is 14.9. The molecule has 1 N–H and O–H groups in total. The first-order valence-corrected chi connectivity index (χ1v) is 13.6. The van der Waals surface area contributed by atoms with Crippen LogP contribution in [-0.2, 0) is 0 Å². The van der Waals surface area contributed by atoms with Crippen molar-refractivity contribution in [3.63, 3.8) is 0 Å². The third-order valence-corrected chi connectivity index (χ3v) is 11.3. The highest BCUT2D eigenvalue weighted by molar-refractivity contribution is 5.11. The Morgan fingerprint density at radius 3 is 2.27 bits per heavy atom. The van der Waals surface area contributed by atoms with E-state index >= 15 is 0 Å². The third kappa shape index (κ3) is 3.74. The first-order valence-electron chi connectivity index (χ1n) is 13.6. The highest BCUT2D eigenvalue weighted by Crippen LogP contribution is 2.68. The highest BCUT2D eigenvalue weighted by atomic mass is 16.3. The zero-order valence-corrected chi connectivity index (χ0v) is 20.9. The van der Waals surface area contributed by atoms with Gasteiger partial charge in [-0.2, -0.15) is 0 Å². The predicted molar refractivity (Wildman–Crippen MR) is 128 cm³/mol. The van der Waals surface area contributed by atoms with Gasteiger partial charge in [0.1, 0.15) is 0 Å². The van der Waals surface area contributed by atoms with Crippen LogP contribution >= 0.6 is 0 Å². The summed E-state index contributed by atoms with van der Waals surface area (Å²) in [5.41, 5.74) is 1.07. The van der Waals surface area contributed by atoms with Crippen LogP contribution in [0.1, 0.15) is 106 Å². The molecule has 10 atom stereocenters. The molecule has 0 aromatic heterocycles. The lowest BCUT2D eigenvalue weighted by molar-refractivity contribution is -0.128. The molecule has 4 saturated carbocycles. The molecular weight excluding hydrogens is 364 g/mol. The summed E-state index contributed by atoms with van der Waals surface area (Å²) >= 11 is 0. The zero-order chi connectivity index (χ0) is 21.7. The second-order valence-corrected chi connectivity index (χ2v) is 12.9. The lowest BCUT2D eigenvalue weighted by Crippen LogP contribution is -2.54. The van der Waals surface area contributed by atoms with E-state index in [-0.39, 0.29) is 6.10 Å². The van der Waals surface area contributed by atoms with E-state index in [9.17, 15) is 5.11 Å². The van der Waals surface area contributed by atoms with E-state index in [1.165, 1.54) is 51.4 Å². The van der Waals surface area contributed by atoms with Gasteiger partial charge in [0, 0.05) is 0 Å². The fourth-order valence-electron chi connectivity index (χ4n) is 9.42. The molecule has 0 radical (unpaired) electrons. The fourth-order valence-corrected chi connectivity index (χ4v) is 9.42. The van der Waals surface area contributed by atoms with E-state index in [2.05, 4.69) is 53.7 Å². The molecule has 172 valence electrons. The minimum atomic E-state index is -0.0187. The zero-order valence-electron chi connectivity index (χ0n) is 20.9. The number of aliphatic hydroxyl groups excluding tert-OH is 1. The smallest absolute Gasteiger partial charge is 0.0543 e. The summed E-state index contributed by atoms with van der Waals surface area (Å²) in [5, 5.41) is 10.3. The van der Waals surface area contributed by atoms with Crippen molar-refractivity contribution in [3.05, 3.63) is 12.2 Å². The van der Waals surface area contributed by atoms with Crippen LogP contribution in [0, 0.1) is 58.2 Å². The summed E-state index contributed by atoms with van der Waals surface area (Å²) in [6.07, 6.45) is 18.5.